The molecule has 4 aromatic rings. The number of carbonyl (C=O) groups is 2. The molecule has 0 aromatic heterocycles. The van der Waals surface area contributed by atoms with E-state index in [1.165, 1.54) is 0 Å². The fourth-order valence-corrected chi connectivity index (χ4v) is 11.6. The number of rotatable bonds is 18. The zero-order valence-corrected chi connectivity index (χ0v) is 35.9. The Kier molecular flexibility index (Phi) is 18.0. The Balaban J connectivity index is 0.00000130. The number of nitriles is 1. The summed E-state index contributed by atoms with van der Waals surface area (Å²) in [6, 6.07) is 19.7. The quantitative estimate of drug-likeness (QED) is 0.0801. The van der Waals surface area contributed by atoms with Crippen molar-refractivity contribution >= 4 is 40.7 Å². The number of benzene rings is 4. The number of carboxylic acids is 1. The van der Waals surface area contributed by atoms with Crippen LogP contribution in [0.25, 0.3) is 0 Å². The molecular weight excluding hydrogens is 824 g/mol. The zero-order valence-electron chi connectivity index (χ0n) is 35.0. The maximum absolute atomic E-state index is 13.3. The van der Waals surface area contributed by atoms with Crippen molar-refractivity contribution in [2.75, 3.05) is 75.5 Å². The van der Waals surface area contributed by atoms with Crippen molar-refractivity contribution in [1.82, 2.24) is 0 Å². The third kappa shape index (κ3) is 11.7. The number of anilines is 1. The fourth-order valence-electron chi connectivity index (χ4n) is 6.36. The minimum atomic E-state index is -5.19. The van der Waals surface area contributed by atoms with E-state index in [9.17, 15) is 18.0 Å². The minimum absolute atomic E-state index is 0.159. The van der Waals surface area contributed by atoms with Gasteiger partial charge in [0.2, 0.25) is 5.91 Å². The molecule has 1 amide bonds. The monoisotopic (exact) mass is 870 g/mol. The Labute approximate surface area is 352 Å². The van der Waals surface area contributed by atoms with Crippen LogP contribution in [-0.4, -0.2) is 88.2 Å². The number of nitrogens with one attached hydrogen (secondary N) is 1. The molecule has 0 aliphatic carbocycles. The largest absolute Gasteiger partial charge is 0.542 e. The molecule has 0 saturated carbocycles. The second-order valence-corrected chi connectivity index (χ2v) is 15.8. The summed E-state index contributed by atoms with van der Waals surface area (Å²) < 4.78 is 85.6. The summed E-state index contributed by atoms with van der Waals surface area (Å²) in [5.41, 5.74) is 1.30. The molecule has 4 aromatic carbocycles. The maximum Gasteiger partial charge on any atom is 0.430 e. The van der Waals surface area contributed by atoms with Gasteiger partial charge in [-0.25, -0.2) is 0 Å². The number of aliphatic carboxylic acids is 1. The van der Waals surface area contributed by atoms with Crippen LogP contribution in [0, 0.1) is 23.2 Å². The standard InChI is InChI=1S/C41H45N2O10P.C2HF3O2/c1-45-29-21-32(48-4)39(33(22-29)49-5)54(40-34(50-6)23-30(46-2)24-35(40)51-7,41-36(52-8)25-31(47-3)26-37(41)53-9)20-11-10-14-38(44)43-28-17-15-27(16-18-28)13-12-19-42;3-2(4,5)1(6)7/h15-18,21-26H,10-11,14,20H2,1-9H3;(H,6,7). The van der Waals surface area contributed by atoms with Crippen LogP contribution in [0.1, 0.15) is 24.8 Å². The van der Waals surface area contributed by atoms with Crippen LogP contribution in [0.4, 0.5) is 18.9 Å². The predicted octanol–water partition coefficient (Wildman–Crippen LogP) is 5.04. The molecule has 0 aliphatic heterocycles. The van der Waals surface area contributed by atoms with Crippen molar-refractivity contribution in [2.45, 2.75) is 25.4 Å². The lowest BCUT2D eigenvalue weighted by atomic mass is 10.2. The highest BCUT2D eigenvalue weighted by atomic mass is 31.2. The van der Waals surface area contributed by atoms with Gasteiger partial charge in [-0.15, -0.1) is 0 Å². The SMILES string of the molecule is COc1cc(OC)c([P+](CCCCC(=O)Nc2ccc(C#CC#N)cc2)(c2c(OC)cc(OC)cc2OC)c2c(OC)cc(OC)cc2OC)c(OC)c1.O=C([O-])C(F)(F)F. The molecule has 0 heterocycles. The average Bonchev–Trinajstić information content (AvgIpc) is 3.27. The third-order valence-corrected chi connectivity index (χ3v) is 13.6. The first kappa shape index (κ1) is 48.7. The van der Waals surface area contributed by atoms with E-state index < -0.39 is 19.4 Å². The van der Waals surface area contributed by atoms with Gasteiger partial charge < -0.3 is 57.8 Å². The summed E-state index contributed by atoms with van der Waals surface area (Å²) in [4.78, 5) is 22.1. The number of hydrogen-bond acceptors (Lipinski definition) is 13. The maximum atomic E-state index is 13.3. The van der Waals surface area contributed by atoms with Crippen molar-refractivity contribution in [2.24, 2.45) is 0 Å². The number of nitrogens with zero attached hydrogens (tertiary/aromatic N) is 1. The smallest absolute Gasteiger partial charge is 0.430 e. The summed E-state index contributed by atoms with van der Waals surface area (Å²) in [5.74, 6) is 6.44. The number of ether oxygens (including phenoxy) is 9. The van der Waals surface area contributed by atoms with Gasteiger partial charge in [0.05, 0.1) is 70.2 Å². The van der Waals surface area contributed by atoms with E-state index in [4.69, 9.17) is 57.8 Å². The van der Waals surface area contributed by atoms with E-state index in [1.54, 1.807) is 94.3 Å². The van der Waals surface area contributed by atoms with Crippen LogP contribution >= 0.6 is 7.26 Å². The molecule has 0 spiro atoms. The summed E-state index contributed by atoms with van der Waals surface area (Å²) in [7, 11) is 11.1. The Hall–Kier alpha value is -6.71. The highest BCUT2D eigenvalue weighted by molar-refractivity contribution is 7.96. The van der Waals surface area contributed by atoms with E-state index >= 15 is 0 Å². The number of hydrogen-bond donors (Lipinski definition) is 1. The Morgan fingerprint density at radius 1 is 0.623 bits per heavy atom. The normalized spacial score (nSPS) is 10.6. The highest BCUT2D eigenvalue weighted by Crippen LogP contribution is 2.66. The molecule has 0 unspecified atom stereocenters. The van der Waals surface area contributed by atoms with Gasteiger partial charge in [0, 0.05) is 60.0 Å². The summed E-state index contributed by atoms with van der Waals surface area (Å²) >= 11 is 0. The summed E-state index contributed by atoms with van der Waals surface area (Å²) in [6.45, 7) is 0. The molecule has 14 nitrogen and oxygen atoms in total. The van der Waals surface area contributed by atoms with Gasteiger partial charge in [0.1, 0.15) is 30.5 Å². The lowest BCUT2D eigenvalue weighted by Crippen LogP contribution is -2.38. The van der Waals surface area contributed by atoms with Crippen molar-refractivity contribution in [1.29, 1.82) is 5.26 Å². The molecule has 326 valence electrons. The Morgan fingerprint density at radius 3 is 1.25 bits per heavy atom. The topological polar surface area (TPSA) is 176 Å². The van der Waals surface area contributed by atoms with Crippen LogP contribution in [0.2, 0.25) is 0 Å². The van der Waals surface area contributed by atoms with Gasteiger partial charge in [0.15, 0.2) is 56.5 Å². The number of methoxy groups -OCH3 is 9. The molecule has 0 radical (unpaired) electrons. The van der Waals surface area contributed by atoms with E-state index in [2.05, 4.69) is 17.2 Å². The lowest BCUT2D eigenvalue weighted by Gasteiger charge is -2.33. The van der Waals surface area contributed by atoms with E-state index in [0.29, 0.717) is 97.9 Å². The highest BCUT2D eigenvalue weighted by Gasteiger charge is 2.57. The van der Waals surface area contributed by atoms with E-state index in [1.807, 2.05) is 36.4 Å². The molecule has 0 aliphatic rings. The molecule has 0 bridgehead atoms. The Bertz CT molecular complexity index is 2020. The van der Waals surface area contributed by atoms with Crippen molar-refractivity contribution in [3.05, 3.63) is 66.2 Å². The number of carbonyl (C=O) groups excluding carboxylic acids is 2. The molecular formula is C43H46F3N2O12P. The van der Waals surface area contributed by atoms with Gasteiger partial charge in [0.25, 0.3) is 0 Å². The van der Waals surface area contributed by atoms with Crippen molar-refractivity contribution < 1.29 is 70.5 Å². The molecule has 18 heteroatoms. The van der Waals surface area contributed by atoms with Crippen LogP contribution in [0.15, 0.2) is 60.7 Å². The molecule has 61 heavy (non-hydrogen) atoms. The van der Waals surface area contributed by atoms with Gasteiger partial charge in [-0.3, -0.25) is 4.79 Å². The van der Waals surface area contributed by atoms with Crippen LogP contribution < -0.4 is 69.0 Å². The van der Waals surface area contributed by atoms with E-state index in [-0.39, 0.29) is 12.3 Å². The number of carboxylic acid groups (broad SMARTS) is 1. The van der Waals surface area contributed by atoms with E-state index in [0.717, 1.165) is 0 Å². The fraction of sp³-hybridized carbons (Fsp3) is 0.326. The first-order chi connectivity index (χ1) is 29.2. The number of unbranched alkanes of at least 4 members (excludes halogenated alkanes) is 1. The van der Waals surface area contributed by atoms with Crippen molar-refractivity contribution in [3.63, 3.8) is 0 Å². The molecule has 4 rings (SSSR count). The number of halogens is 3. The van der Waals surface area contributed by atoms with Gasteiger partial charge in [-0.2, -0.15) is 18.4 Å². The second kappa shape index (κ2) is 22.6. The molecule has 0 saturated heterocycles. The molecule has 0 atom stereocenters. The summed E-state index contributed by atoms with van der Waals surface area (Å²) in [6.07, 6.45) is -3.48. The molecule has 1 N–H and O–H groups in total. The van der Waals surface area contributed by atoms with Crippen LogP contribution in [0.5, 0.6) is 51.7 Å². The summed E-state index contributed by atoms with van der Waals surface area (Å²) in [5, 5.41) is 22.6. The predicted molar refractivity (Wildman–Crippen MR) is 221 cm³/mol. The minimum Gasteiger partial charge on any atom is -0.542 e. The first-order valence-corrected chi connectivity index (χ1v) is 20.0. The van der Waals surface area contributed by atoms with Crippen LogP contribution in [-0.2, 0) is 9.59 Å². The van der Waals surface area contributed by atoms with Gasteiger partial charge in [-0.05, 0) is 37.1 Å². The van der Waals surface area contributed by atoms with Gasteiger partial charge >= 0.3 is 6.18 Å². The second-order valence-electron chi connectivity index (χ2n) is 12.4. The Morgan fingerprint density at radius 2 is 0.967 bits per heavy atom. The number of amides is 1. The lowest BCUT2D eigenvalue weighted by molar-refractivity contribution is -0.344. The molecule has 0 fully saturated rings. The van der Waals surface area contributed by atoms with Crippen molar-refractivity contribution in [3.8, 4) is 69.7 Å². The first-order valence-electron chi connectivity index (χ1n) is 18.0. The number of alkyl halides is 3. The zero-order chi connectivity index (χ0) is 45.3. The van der Waals surface area contributed by atoms with Crippen LogP contribution in [0.3, 0.4) is 0 Å². The van der Waals surface area contributed by atoms with Gasteiger partial charge in [-0.1, -0.05) is 5.92 Å². The third-order valence-electron chi connectivity index (χ3n) is 9.02. The average molecular weight is 871 g/mol.